The number of carboxylic acid groups (broad SMARTS) is 1. The van der Waals surface area contributed by atoms with E-state index in [2.05, 4.69) is 0 Å². The zero-order chi connectivity index (χ0) is 15.6. The van der Waals surface area contributed by atoms with Gasteiger partial charge < -0.3 is 20.9 Å². The summed E-state index contributed by atoms with van der Waals surface area (Å²) in [7, 11) is -1.33. The lowest BCUT2D eigenvalue weighted by atomic mass is 9.72. The molecule has 0 spiro atoms. The number of hydrogen-bond donors (Lipinski definition) is 4. The molecule has 0 bridgehead atoms. The highest BCUT2D eigenvalue weighted by molar-refractivity contribution is 6.40. The average molecular weight is 291 g/mol. The lowest BCUT2D eigenvalue weighted by Gasteiger charge is -2.28. The van der Waals surface area contributed by atoms with E-state index in [9.17, 15) is 9.90 Å². The Kier molecular flexibility index (Phi) is 4.71. The number of fused-ring (bicyclic) bond motifs is 1. The van der Waals surface area contributed by atoms with Gasteiger partial charge >= 0.3 is 13.1 Å². The minimum Gasteiger partial charge on any atom is -0.481 e. The molecule has 114 valence electrons. The van der Waals surface area contributed by atoms with E-state index in [1.807, 2.05) is 18.2 Å². The molecule has 0 fully saturated rings. The van der Waals surface area contributed by atoms with E-state index in [0.29, 0.717) is 25.8 Å². The van der Waals surface area contributed by atoms with Crippen molar-refractivity contribution in [3.05, 3.63) is 34.9 Å². The standard InChI is InChI=1S/C15H22BNO4/c1-15(14(18)19)12(3-2-6-16(20)21)8-11-5-4-10(9-17)7-13(11)15/h4-5,7,12,20-21H,2-3,6,8-9,17H2,1H3,(H,18,19)/t12-,15-/m0/s1. The Morgan fingerprint density at radius 3 is 2.76 bits per heavy atom. The van der Waals surface area contributed by atoms with Gasteiger partial charge in [-0.15, -0.1) is 0 Å². The summed E-state index contributed by atoms with van der Waals surface area (Å²) in [4.78, 5) is 11.9. The van der Waals surface area contributed by atoms with E-state index in [-0.39, 0.29) is 12.2 Å². The number of nitrogens with two attached hydrogens (primary N) is 1. The van der Waals surface area contributed by atoms with Crippen molar-refractivity contribution in [1.29, 1.82) is 0 Å². The molecule has 0 saturated carbocycles. The summed E-state index contributed by atoms with van der Waals surface area (Å²) >= 11 is 0. The molecule has 2 atom stereocenters. The Morgan fingerprint density at radius 1 is 1.48 bits per heavy atom. The van der Waals surface area contributed by atoms with Gasteiger partial charge in [-0.2, -0.15) is 0 Å². The molecule has 0 unspecified atom stereocenters. The lowest BCUT2D eigenvalue weighted by molar-refractivity contribution is -0.145. The number of carboxylic acids is 1. The number of carbonyl (C=O) groups is 1. The van der Waals surface area contributed by atoms with E-state index in [1.165, 1.54) is 0 Å². The predicted molar refractivity (Wildman–Crippen MR) is 80.7 cm³/mol. The molecule has 0 saturated heterocycles. The SMILES string of the molecule is C[C@@]1(C(=O)O)c2cc(CN)ccc2C[C@@H]1CCCB(O)O. The lowest BCUT2D eigenvalue weighted by Crippen LogP contribution is -2.37. The van der Waals surface area contributed by atoms with Crippen LogP contribution < -0.4 is 5.73 Å². The van der Waals surface area contributed by atoms with Gasteiger partial charge in [0.15, 0.2) is 0 Å². The fraction of sp³-hybridized carbons (Fsp3) is 0.533. The van der Waals surface area contributed by atoms with E-state index in [0.717, 1.165) is 16.7 Å². The first-order chi connectivity index (χ1) is 9.89. The van der Waals surface area contributed by atoms with Crippen LogP contribution in [0.1, 0.15) is 36.5 Å². The maximum atomic E-state index is 11.9. The monoisotopic (exact) mass is 291 g/mol. The fourth-order valence-electron chi connectivity index (χ4n) is 3.33. The van der Waals surface area contributed by atoms with Crippen LogP contribution in [0.15, 0.2) is 18.2 Å². The van der Waals surface area contributed by atoms with Crippen molar-refractivity contribution in [3.8, 4) is 0 Å². The van der Waals surface area contributed by atoms with Gasteiger partial charge in [-0.3, -0.25) is 4.79 Å². The summed E-state index contributed by atoms with van der Waals surface area (Å²) in [5.41, 5.74) is 7.58. The van der Waals surface area contributed by atoms with Crippen molar-refractivity contribution in [1.82, 2.24) is 0 Å². The van der Waals surface area contributed by atoms with Gasteiger partial charge in [0, 0.05) is 6.54 Å². The third kappa shape index (κ3) is 2.97. The normalized spacial score (nSPS) is 23.9. The van der Waals surface area contributed by atoms with Gasteiger partial charge in [0.05, 0.1) is 5.41 Å². The van der Waals surface area contributed by atoms with Crippen molar-refractivity contribution in [2.45, 2.75) is 44.5 Å². The topological polar surface area (TPSA) is 104 Å². The second kappa shape index (κ2) is 6.18. The number of rotatable bonds is 6. The summed E-state index contributed by atoms with van der Waals surface area (Å²) in [5, 5.41) is 27.6. The van der Waals surface area contributed by atoms with Crippen LogP contribution in [0.3, 0.4) is 0 Å². The molecule has 1 aliphatic rings. The van der Waals surface area contributed by atoms with Crippen molar-refractivity contribution < 1.29 is 19.9 Å². The Labute approximate surface area is 124 Å². The third-order valence-corrected chi connectivity index (χ3v) is 4.71. The van der Waals surface area contributed by atoms with Crippen LogP contribution in [-0.4, -0.2) is 28.2 Å². The third-order valence-electron chi connectivity index (χ3n) is 4.71. The van der Waals surface area contributed by atoms with Gasteiger partial charge in [0.2, 0.25) is 0 Å². The number of benzene rings is 1. The molecule has 0 aliphatic heterocycles. The highest BCUT2D eigenvalue weighted by Gasteiger charge is 2.48. The quantitative estimate of drug-likeness (QED) is 0.583. The first-order valence-corrected chi connectivity index (χ1v) is 7.31. The molecule has 6 heteroatoms. The maximum Gasteiger partial charge on any atom is 0.451 e. The van der Waals surface area contributed by atoms with Gasteiger partial charge in [0.25, 0.3) is 0 Å². The zero-order valence-electron chi connectivity index (χ0n) is 12.2. The van der Waals surface area contributed by atoms with Crippen LogP contribution in [0.4, 0.5) is 0 Å². The van der Waals surface area contributed by atoms with Crippen LogP contribution in [0.5, 0.6) is 0 Å². The molecule has 0 aromatic heterocycles. The molecule has 1 aromatic rings. The van der Waals surface area contributed by atoms with Gasteiger partial charge in [-0.25, -0.2) is 0 Å². The molecular formula is C15H22BNO4. The second-order valence-corrected chi connectivity index (χ2v) is 6.02. The van der Waals surface area contributed by atoms with Crippen LogP contribution >= 0.6 is 0 Å². The Morgan fingerprint density at radius 2 is 2.19 bits per heavy atom. The Bertz CT molecular complexity index is 534. The molecule has 2 rings (SSSR count). The van der Waals surface area contributed by atoms with E-state index in [4.69, 9.17) is 15.8 Å². The summed E-state index contributed by atoms with van der Waals surface area (Å²) in [5.74, 6) is -0.859. The summed E-state index contributed by atoms with van der Waals surface area (Å²) < 4.78 is 0. The largest absolute Gasteiger partial charge is 0.481 e. The molecule has 0 radical (unpaired) electrons. The molecule has 0 amide bonds. The summed E-state index contributed by atoms with van der Waals surface area (Å²) in [6.45, 7) is 2.16. The smallest absolute Gasteiger partial charge is 0.451 e. The molecule has 5 N–H and O–H groups in total. The minimum atomic E-state index is -1.33. The Balaban J connectivity index is 2.27. The maximum absolute atomic E-state index is 11.9. The first kappa shape index (κ1) is 16.0. The molecule has 5 nitrogen and oxygen atoms in total. The van der Waals surface area contributed by atoms with Crippen LogP contribution in [0.25, 0.3) is 0 Å². The van der Waals surface area contributed by atoms with Crippen LogP contribution in [-0.2, 0) is 23.2 Å². The van der Waals surface area contributed by atoms with Crippen molar-refractivity contribution in [2.75, 3.05) is 0 Å². The van der Waals surface area contributed by atoms with Gasteiger partial charge in [-0.1, -0.05) is 24.6 Å². The summed E-state index contributed by atoms with van der Waals surface area (Å²) in [6, 6.07) is 5.82. The highest BCUT2D eigenvalue weighted by atomic mass is 16.4. The molecule has 21 heavy (non-hydrogen) atoms. The molecular weight excluding hydrogens is 269 g/mol. The van der Waals surface area contributed by atoms with Gasteiger partial charge in [-0.05, 0) is 48.7 Å². The predicted octanol–water partition coefficient (Wildman–Crippen LogP) is 0.913. The first-order valence-electron chi connectivity index (χ1n) is 7.31. The number of aliphatic carboxylic acids is 1. The molecule has 1 aliphatic carbocycles. The van der Waals surface area contributed by atoms with Crippen molar-refractivity contribution in [3.63, 3.8) is 0 Å². The van der Waals surface area contributed by atoms with Crippen molar-refractivity contribution in [2.24, 2.45) is 11.7 Å². The van der Waals surface area contributed by atoms with Gasteiger partial charge in [0.1, 0.15) is 0 Å². The highest BCUT2D eigenvalue weighted by Crippen LogP contribution is 2.46. The van der Waals surface area contributed by atoms with E-state index < -0.39 is 18.5 Å². The van der Waals surface area contributed by atoms with Crippen molar-refractivity contribution >= 4 is 13.1 Å². The molecule has 0 heterocycles. The fourth-order valence-corrected chi connectivity index (χ4v) is 3.33. The number of hydrogen-bond acceptors (Lipinski definition) is 4. The van der Waals surface area contributed by atoms with Crippen LogP contribution in [0, 0.1) is 5.92 Å². The second-order valence-electron chi connectivity index (χ2n) is 6.02. The summed E-state index contributed by atoms with van der Waals surface area (Å²) in [6.07, 6.45) is 2.25. The van der Waals surface area contributed by atoms with E-state index >= 15 is 0 Å². The zero-order valence-corrected chi connectivity index (χ0v) is 12.2. The molecule has 1 aromatic carbocycles. The van der Waals surface area contributed by atoms with E-state index in [1.54, 1.807) is 6.92 Å². The Hall–Kier alpha value is -1.37. The van der Waals surface area contributed by atoms with Crippen LogP contribution in [0.2, 0.25) is 6.32 Å². The average Bonchev–Trinajstić information content (AvgIpc) is 2.72. The minimum absolute atomic E-state index is 0.0308.